The van der Waals surface area contributed by atoms with E-state index in [0.717, 1.165) is 19.6 Å². The molecular formula is C11H21N3O3. The zero-order valence-electron chi connectivity index (χ0n) is 10.2. The van der Waals surface area contributed by atoms with E-state index in [1.807, 2.05) is 0 Å². The largest absolute Gasteiger partial charge is 0.481 e. The maximum atomic E-state index is 11.6. The zero-order chi connectivity index (χ0) is 12.7. The maximum Gasteiger partial charge on any atom is 0.303 e. The molecule has 1 aliphatic heterocycles. The Morgan fingerprint density at radius 3 is 2.94 bits per heavy atom. The van der Waals surface area contributed by atoms with E-state index in [0.29, 0.717) is 25.6 Å². The second-order valence-corrected chi connectivity index (χ2v) is 4.37. The summed E-state index contributed by atoms with van der Waals surface area (Å²) in [7, 11) is 0. The fraction of sp³-hybridized carbons (Fsp3) is 0.818. The normalized spacial score (nSPS) is 21.1. The Morgan fingerprint density at radius 1 is 1.53 bits per heavy atom. The minimum atomic E-state index is -0.824. The van der Waals surface area contributed by atoms with E-state index in [4.69, 9.17) is 5.11 Å². The molecule has 0 unspecified atom stereocenters. The highest BCUT2D eigenvalue weighted by atomic mass is 16.4. The quantitative estimate of drug-likeness (QED) is 0.535. The minimum Gasteiger partial charge on any atom is -0.481 e. The van der Waals surface area contributed by atoms with Crippen molar-refractivity contribution >= 4 is 11.9 Å². The topological polar surface area (TPSA) is 81.7 Å². The molecule has 1 amide bonds. The number of carbonyl (C=O) groups excluding carboxylic acids is 1. The second-order valence-electron chi connectivity index (χ2n) is 4.37. The first-order chi connectivity index (χ1) is 8.09. The first kappa shape index (κ1) is 13.9. The van der Waals surface area contributed by atoms with E-state index in [-0.39, 0.29) is 12.3 Å². The van der Waals surface area contributed by atoms with Gasteiger partial charge in [0.15, 0.2) is 0 Å². The van der Waals surface area contributed by atoms with Gasteiger partial charge in [0.25, 0.3) is 0 Å². The molecule has 0 saturated carbocycles. The molecule has 0 aliphatic carbocycles. The molecule has 17 heavy (non-hydrogen) atoms. The number of carboxylic acid groups (broad SMARTS) is 1. The number of rotatable bonds is 6. The zero-order valence-corrected chi connectivity index (χ0v) is 10.2. The molecule has 0 aromatic carbocycles. The molecule has 1 fully saturated rings. The Kier molecular flexibility index (Phi) is 5.93. The van der Waals surface area contributed by atoms with E-state index in [1.54, 1.807) is 0 Å². The van der Waals surface area contributed by atoms with Crippen LogP contribution in [0.3, 0.4) is 0 Å². The molecular weight excluding hydrogens is 222 g/mol. The fourth-order valence-corrected chi connectivity index (χ4v) is 1.83. The summed E-state index contributed by atoms with van der Waals surface area (Å²) in [5.74, 6) is -0.848. The summed E-state index contributed by atoms with van der Waals surface area (Å²) in [6.45, 7) is 5.62. The number of hydrogen-bond donors (Lipinski definition) is 3. The third-order valence-electron chi connectivity index (χ3n) is 2.88. The monoisotopic (exact) mass is 243 g/mol. The van der Waals surface area contributed by atoms with Crippen molar-refractivity contribution in [3.05, 3.63) is 0 Å². The van der Waals surface area contributed by atoms with Crippen LogP contribution in [-0.2, 0) is 9.59 Å². The van der Waals surface area contributed by atoms with Gasteiger partial charge in [0, 0.05) is 38.6 Å². The van der Waals surface area contributed by atoms with Gasteiger partial charge in [-0.1, -0.05) is 0 Å². The molecule has 0 bridgehead atoms. The number of carboxylic acids is 1. The Bertz CT molecular complexity index is 271. The Hall–Kier alpha value is -1.14. The average molecular weight is 243 g/mol. The van der Waals surface area contributed by atoms with Gasteiger partial charge in [-0.2, -0.15) is 0 Å². The summed E-state index contributed by atoms with van der Waals surface area (Å²) >= 11 is 0. The molecule has 0 aromatic rings. The summed E-state index contributed by atoms with van der Waals surface area (Å²) in [4.78, 5) is 24.0. The van der Waals surface area contributed by atoms with Crippen LogP contribution < -0.4 is 10.6 Å². The van der Waals surface area contributed by atoms with Crippen LogP contribution in [-0.4, -0.2) is 60.6 Å². The Balaban J connectivity index is 2.13. The predicted octanol–water partition coefficient (Wildman–Crippen LogP) is -0.739. The molecule has 1 aliphatic rings. The van der Waals surface area contributed by atoms with Crippen LogP contribution in [0, 0.1) is 0 Å². The van der Waals surface area contributed by atoms with Crippen molar-refractivity contribution < 1.29 is 14.7 Å². The van der Waals surface area contributed by atoms with E-state index in [9.17, 15) is 9.59 Å². The highest BCUT2D eigenvalue weighted by Crippen LogP contribution is 2.01. The average Bonchev–Trinajstić information content (AvgIpc) is 2.27. The summed E-state index contributed by atoms with van der Waals surface area (Å²) in [6.07, 6.45) is 0.586. The van der Waals surface area contributed by atoms with Gasteiger partial charge in [0.05, 0.1) is 6.54 Å². The number of carbonyl (C=O) groups is 2. The molecule has 0 spiro atoms. The minimum absolute atomic E-state index is 0.0239. The first-order valence-corrected chi connectivity index (χ1v) is 6.03. The lowest BCUT2D eigenvalue weighted by molar-refractivity contribution is -0.137. The molecule has 6 heteroatoms. The number of aliphatic carboxylic acids is 1. The number of nitrogens with zero attached hydrogens (tertiary/aromatic N) is 1. The van der Waals surface area contributed by atoms with Crippen molar-refractivity contribution in [1.82, 2.24) is 15.5 Å². The molecule has 98 valence electrons. The van der Waals surface area contributed by atoms with Crippen molar-refractivity contribution in [2.75, 3.05) is 32.7 Å². The van der Waals surface area contributed by atoms with E-state index in [1.165, 1.54) is 0 Å². The van der Waals surface area contributed by atoms with Gasteiger partial charge >= 0.3 is 5.97 Å². The van der Waals surface area contributed by atoms with Crippen LogP contribution in [0.15, 0.2) is 0 Å². The van der Waals surface area contributed by atoms with Crippen molar-refractivity contribution in [1.29, 1.82) is 0 Å². The van der Waals surface area contributed by atoms with Gasteiger partial charge in [-0.15, -0.1) is 0 Å². The highest BCUT2D eigenvalue weighted by Gasteiger charge is 2.19. The summed E-state index contributed by atoms with van der Waals surface area (Å²) in [6, 6.07) is 0.369. The summed E-state index contributed by atoms with van der Waals surface area (Å²) < 4.78 is 0. The van der Waals surface area contributed by atoms with Crippen molar-refractivity contribution in [3.63, 3.8) is 0 Å². The lowest BCUT2D eigenvalue weighted by Crippen LogP contribution is -2.52. The van der Waals surface area contributed by atoms with Crippen molar-refractivity contribution in [2.24, 2.45) is 0 Å². The van der Waals surface area contributed by atoms with Gasteiger partial charge in [-0.3, -0.25) is 14.5 Å². The van der Waals surface area contributed by atoms with Gasteiger partial charge in [0.1, 0.15) is 0 Å². The lowest BCUT2D eigenvalue weighted by atomic mass is 10.2. The fourth-order valence-electron chi connectivity index (χ4n) is 1.83. The van der Waals surface area contributed by atoms with Gasteiger partial charge in [-0.05, 0) is 13.3 Å². The van der Waals surface area contributed by atoms with Crippen LogP contribution in [0.2, 0.25) is 0 Å². The number of amides is 1. The molecule has 1 saturated heterocycles. The lowest BCUT2D eigenvalue weighted by Gasteiger charge is -2.33. The van der Waals surface area contributed by atoms with E-state index < -0.39 is 5.97 Å². The van der Waals surface area contributed by atoms with Crippen LogP contribution in [0.4, 0.5) is 0 Å². The number of nitrogens with one attached hydrogen (secondary N) is 2. The van der Waals surface area contributed by atoms with E-state index >= 15 is 0 Å². The number of piperazine rings is 1. The molecule has 3 N–H and O–H groups in total. The molecule has 1 atom stereocenters. The van der Waals surface area contributed by atoms with Gasteiger partial charge < -0.3 is 15.7 Å². The molecule has 1 heterocycles. The van der Waals surface area contributed by atoms with Crippen LogP contribution >= 0.6 is 0 Å². The highest BCUT2D eigenvalue weighted by molar-refractivity contribution is 5.78. The standard InChI is InChI=1S/C11H21N3O3/c1-9-7-12-5-6-14(9)8-10(15)13-4-2-3-11(16)17/h9,12H,2-8H2,1H3,(H,13,15)(H,16,17)/t9-/m1/s1. The molecule has 1 rings (SSSR count). The maximum absolute atomic E-state index is 11.6. The Labute approximate surface area is 101 Å². The predicted molar refractivity (Wildman–Crippen MR) is 63.8 cm³/mol. The van der Waals surface area contributed by atoms with Crippen molar-refractivity contribution in [3.8, 4) is 0 Å². The first-order valence-electron chi connectivity index (χ1n) is 6.03. The van der Waals surface area contributed by atoms with E-state index in [2.05, 4.69) is 22.5 Å². The molecule has 6 nitrogen and oxygen atoms in total. The van der Waals surface area contributed by atoms with Gasteiger partial charge in [0.2, 0.25) is 5.91 Å². The third-order valence-corrected chi connectivity index (χ3v) is 2.88. The van der Waals surface area contributed by atoms with Gasteiger partial charge in [-0.25, -0.2) is 0 Å². The van der Waals surface area contributed by atoms with Crippen LogP contribution in [0.1, 0.15) is 19.8 Å². The van der Waals surface area contributed by atoms with Crippen LogP contribution in [0.5, 0.6) is 0 Å². The van der Waals surface area contributed by atoms with Crippen LogP contribution in [0.25, 0.3) is 0 Å². The molecule has 0 aromatic heterocycles. The molecule has 0 radical (unpaired) electrons. The summed E-state index contributed by atoms with van der Waals surface area (Å²) in [5.41, 5.74) is 0. The third kappa shape index (κ3) is 5.65. The van der Waals surface area contributed by atoms with Crippen molar-refractivity contribution in [2.45, 2.75) is 25.8 Å². The number of hydrogen-bond acceptors (Lipinski definition) is 4. The second kappa shape index (κ2) is 7.24. The Morgan fingerprint density at radius 2 is 2.29 bits per heavy atom. The summed E-state index contributed by atoms with van der Waals surface area (Å²) in [5, 5.41) is 14.5. The SMILES string of the molecule is C[C@@H]1CNCCN1CC(=O)NCCCC(=O)O. The smallest absolute Gasteiger partial charge is 0.303 e.